The number of rotatable bonds is 55. The zero-order chi connectivity index (χ0) is 54.1. The second kappa shape index (κ2) is 55.7. The summed E-state index contributed by atoms with van der Waals surface area (Å²) in [4.78, 5) is 37.5. The lowest BCUT2D eigenvalue weighted by molar-refractivity contribution is -0.870. The molecule has 0 fully saturated rings. The van der Waals surface area contributed by atoms with Gasteiger partial charge in [-0.2, -0.15) is 0 Å². The third-order valence-corrected chi connectivity index (χ3v) is 12.9. The van der Waals surface area contributed by atoms with Gasteiger partial charge in [-0.1, -0.05) is 253 Å². The highest BCUT2D eigenvalue weighted by Crippen LogP contribution is 2.16. The third kappa shape index (κ3) is 56.2. The van der Waals surface area contributed by atoms with Crippen LogP contribution in [-0.4, -0.2) is 87.4 Å². The molecule has 0 aliphatic rings. The van der Waals surface area contributed by atoms with Gasteiger partial charge in [-0.15, -0.1) is 0 Å². The number of carbonyl (C=O) groups excluding carboxylic acids is 2. The van der Waals surface area contributed by atoms with Crippen LogP contribution in [0.1, 0.15) is 251 Å². The number of carboxylic acid groups (broad SMARTS) is 1. The molecule has 9 nitrogen and oxygen atoms in total. The van der Waals surface area contributed by atoms with Crippen LogP contribution in [0.25, 0.3) is 0 Å². The van der Waals surface area contributed by atoms with Crippen LogP contribution in [0.4, 0.5) is 0 Å². The molecule has 0 aromatic carbocycles. The van der Waals surface area contributed by atoms with E-state index < -0.39 is 24.3 Å². The normalized spacial score (nSPS) is 13.4. The Bertz CT molecular complexity index is 1490. The van der Waals surface area contributed by atoms with Crippen LogP contribution in [0.5, 0.6) is 0 Å². The van der Waals surface area contributed by atoms with E-state index in [1.165, 1.54) is 128 Å². The van der Waals surface area contributed by atoms with E-state index in [9.17, 15) is 19.5 Å². The van der Waals surface area contributed by atoms with Crippen LogP contribution < -0.4 is 0 Å². The molecule has 0 amide bonds. The minimum absolute atomic E-state index is 0.183. The van der Waals surface area contributed by atoms with Crippen molar-refractivity contribution in [2.45, 2.75) is 264 Å². The lowest BCUT2D eigenvalue weighted by atomic mass is 10.0. The molecular formula is C65H114NO8+. The van der Waals surface area contributed by atoms with Gasteiger partial charge in [0.05, 0.1) is 34.4 Å². The summed E-state index contributed by atoms with van der Waals surface area (Å²) in [6, 6.07) is 0. The maximum Gasteiger partial charge on any atom is 0.361 e. The maximum absolute atomic E-state index is 12.9. The molecule has 0 aromatic rings. The van der Waals surface area contributed by atoms with Crippen LogP contribution in [0.3, 0.4) is 0 Å². The molecule has 1 N–H and O–H groups in total. The molecule has 74 heavy (non-hydrogen) atoms. The average Bonchev–Trinajstić information content (AvgIpc) is 3.37. The van der Waals surface area contributed by atoms with Crippen molar-refractivity contribution in [1.82, 2.24) is 0 Å². The summed E-state index contributed by atoms with van der Waals surface area (Å²) in [7, 11) is 5.96. The molecule has 426 valence electrons. The van der Waals surface area contributed by atoms with Crippen molar-refractivity contribution >= 4 is 17.9 Å². The van der Waals surface area contributed by atoms with Gasteiger partial charge in [0.1, 0.15) is 13.2 Å². The Morgan fingerprint density at radius 1 is 0.419 bits per heavy atom. The minimum Gasteiger partial charge on any atom is -0.477 e. The first-order valence-electron chi connectivity index (χ1n) is 30.3. The summed E-state index contributed by atoms with van der Waals surface area (Å²) in [5.41, 5.74) is 0. The molecule has 0 saturated heterocycles. The Kier molecular flexibility index (Phi) is 53.0. The molecule has 0 aromatic heterocycles. The van der Waals surface area contributed by atoms with Gasteiger partial charge in [-0.05, 0) is 70.6 Å². The fourth-order valence-corrected chi connectivity index (χ4v) is 8.29. The Labute approximate surface area is 455 Å². The van der Waals surface area contributed by atoms with Crippen molar-refractivity contribution in [1.29, 1.82) is 0 Å². The highest BCUT2D eigenvalue weighted by molar-refractivity contribution is 5.71. The molecular weight excluding hydrogens is 923 g/mol. The number of carbonyl (C=O) groups is 3. The first-order chi connectivity index (χ1) is 36.1. The zero-order valence-corrected chi connectivity index (χ0v) is 48.5. The standard InChI is InChI=1S/C65H113NO8/c1-6-8-10-12-14-16-18-20-22-24-26-28-29-30-31-32-33-34-35-36-38-40-42-44-46-48-50-52-54-56-63(68)74-61(60-73-65(64(69)70)71-58-57-66(3,4)5)59-72-62(67)55-53-51-49-47-45-43-41-39-37-27-25-23-21-19-17-15-13-11-9-7-2/h8,10,14,16,20,22,26,28,30-31,33-34,36,38,61,65H,6-7,9,11-13,15,17-19,21,23-25,27,29,32,35,37,39-60H2,1-5H3/p+1/b10-8-,16-14-,22-20-,28-26-,31-30-,34-33-,38-36-. The first kappa shape index (κ1) is 70.5. The van der Waals surface area contributed by atoms with Crippen molar-refractivity contribution in [2.24, 2.45) is 0 Å². The molecule has 0 bridgehead atoms. The van der Waals surface area contributed by atoms with Gasteiger partial charge >= 0.3 is 17.9 Å². The van der Waals surface area contributed by atoms with Gasteiger partial charge in [0.15, 0.2) is 6.10 Å². The second-order valence-electron chi connectivity index (χ2n) is 21.3. The summed E-state index contributed by atoms with van der Waals surface area (Å²) >= 11 is 0. The fraction of sp³-hybridized carbons (Fsp3) is 0.738. The van der Waals surface area contributed by atoms with E-state index in [-0.39, 0.29) is 32.2 Å². The van der Waals surface area contributed by atoms with Gasteiger partial charge in [0.2, 0.25) is 0 Å². The smallest absolute Gasteiger partial charge is 0.361 e. The highest BCUT2D eigenvalue weighted by Gasteiger charge is 2.25. The predicted molar refractivity (Wildman–Crippen MR) is 313 cm³/mol. The quantitative estimate of drug-likeness (QED) is 0.0211. The largest absolute Gasteiger partial charge is 0.477 e. The molecule has 2 atom stereocenters. The summed E-state index contributed by atoms with van der Waals surface area (Å²) in [6.45, 7) is 4.77. The number of quaternary nitrogens is 1. The molecule has 0 saturated carbocycles. The number of aliphatic carboxylic acids is 1. The topological polar surface area (TPSA) is 108 Å². The van der Waals surface area contributed by atoms with Crippen LogP contribution in [0.15, 0.2) is 85.1 Å². The number of hydrogen-bond acceptors (Lipinski definition) is 7. The van der Waals surface area contributed by atoms with Crippen molar-refractivity contribution in [3.05, 3.63) is 85.1 Å². The molecule has 0 aliphatic carbocycles. The van der Waals surface area contributed by atoms with Crippen molar-refractivity contribution in [2.75, 3.05) is 47.5 Å². The van der Waals surface area contributed by atoms with E-state index in [0.29, 0.717) is 23.9 Å². The average molecular weight is 1040 g/mol. The van der Waals surface area contributed by atoms with Crippen molar-refractivity contribution < 1.29 is 42.9 Å². The minimum atomic E-state index is -1.52. The highest BCUT2D eigenvalue weighted by atomic mass is 16.7. The lowest BCUT2D eigenvalue weighted by Gasteiger charge is -2.25. The van der Waals surface area contributed by atoms with Crippen LogP contribution >= 0.6 is 0 Å². The van der Waals surface area contributed by atoms with Crippen molar-refractivity contribution in [3.8, 4) is 0 Å². The number of esters is 2. The Hall–Kier alpha value is -3.53. The van der Waals surface area contributed by atoms with Crippen LogP contribution in [0, 0.1) is 0 Å². The molecule has 0 aliphatic heterocycles. The number of allylic oxidation sites excluding steroid dienone is 14. The molecule has 2 unspecified atom stereocenters. The molecule has 0 heterocycles. The lowest BCUT2D eigenvalue weighted by Crippen LogP contribution is -2.40. The Morgan fingerprint density at radius 2 is 0.770 bits per heavy atom. The van der Waals surface area contributed by atoms with E-state index >= 15 is 0 Å². The maximum atomic E-state index is 12.9. The van der Waals surface area contributed by atoms with Crippen molar-refractivity contribution in [3.63, 3.8) is 0 Å². The van der Waals surface area contributed by atoms with Gasteiger partial charge in [0, 0.05) is 12.8 Å². The first-order valence-corrected chi connectivity index (χ1v) is 30.3. The monoisotopic (exact) mass is 1040 g/mol. The predicted octanol–water partition coefficient (Wildman–Crippen LogP) is 18.0. The van der Waals surface area contributed by atoms with Crippen LogP contribution in [0.2, 0.25) is 0 Å². The van der Waals surface area contributed by atoms with E-state index in [1.54, 1.807) is 0 Å². The van der Waals surface area contributed by atoms with E-state index in [0.717, 1.165) is 89.9 Å². The van der Waals surface area contributed by atoms with E-state index in [1.807, 2.05) is 21.1 Å². The number of unbranched alkanes of at least 4 members (excludes halogenated alkanes) is 26. The molecule has 0 radical (unpaired) electrons. The molecule has 0 spiro atoms. The molecule has 9 heteroatoms. The summed E-state index contributed by atoms with van der Waals surface area (Å²) in [6.07, 6.45) is 70.9. The molecule has 0 rings (SSSR count). The summed E-state index contributed by atoms with van der Waals surface area (Å²) in [5.74, 6) is -2.02. The number of likely N-dealkylation sites (N-methyl/N-ethyl adjacent to an activating group) is 1. The number of carboxylic acids is 1. The van der Waals surface area contributed by atoms with Gasteiger partial charge in [-0.25, -0.2) is 4.79 Å². The van der Waals surface area contributed by atoms with Gasteiger partial charge in [0.25, 0.3) is 6.29 Å². The van der Waals surface area contributed by atoms with Crippen LogP contribution in [-0.2, 0) is 33.3 Å². The van der Waals surface area contributed by atoms with E-state index in [4.69, 9.17) is 18.9 Å². The second-order valence-corrected chi connectivity index (χ2v) is 21.3. The van der Waals surface area contributed by atoms with Gasteiger partial charge < -0.3 is 28.5 Å². The Balaban J connectivity index is 4.26. The van der Waals surface area contributed by atoms with E-state index in [2.05, 4.69) is 98.9 Å². The number of ether oxygens (including phenoxy) is 4. The summed E-state index contributed by atoms with van der Waals surface area (Å²) in [5, 5.41) is 9.71. The summed E-state index contributed by atoms with van der Waals surface area (Å²) < 4.78 is 22.9. The third-order valence-electron chi connectivity index (χ3n) is 12.9. The van der Waals surface area contributed by atoms with Gasteiger partial charge in [-0.3, -0.25) is 9.59 Å². The SMILES string of the molecule is CC/C=C\C/C=C\C/C=C\C/C=C\C/C=C\C/C=C\C/C=C\CCCCCCCCCC(=O)OC(COC(=O)CCCCCCCCCCCCCCCCCCCCCC)COC(OCC[N+](C)(C)C)C(=O)O. The zero-order valence-electron chi connectivity index (χ0n) is 48.5. The Morgan fingerprint density at radius 3 is 1.15 bits per heavy atom. The number of hydrogen-bond donors (Lipinski definition) is 1. The fourth-order valence-electron chi connectivity index (χ4n) is 8.29. The number of nitrogens with zero attached hydrogens (tertiary/aromatic N) is 1.